The molecule has 0 N–H and O–H groups in total. The molecule has 0 aromatic heterocycles. The summed E-state index contributed by atoms with van der Waals surface area (Å²) >= 11 is 1.33. The first kappa shape index (κ1) is 23.9. The number of piperidine rings is 1. The fraction of sp³-hybridized carbons (Fsp3) is 0.423. The molecule has 0 aliphatic carbocycles. The first-order chi connectivity index (χ1) is 16.9. The van der Waals surface area contributed by atoms with Crippen molar-refractivity contribution in [3.63, 3.8) is 0 Å². The van der Waals surface area contributed by atoms with Gasteiger partial charge in [-0.15, -0.1) is 0 Å². The molecule has 182 valence electrons. The van der Waals surface area contributed by atoms with Gasteiger partial charge < -0.3 is 9.80 Å². The highest BCUT2D eigenvalue weighted by Crippen LogP contribution is 2.41. The van der Waals surface area contributed by atoms with E-state index >= 15 is 0 Å². The highest BCUT2D eigenvalue weighted by molar-refractivity contribution is 8.16. The number of amides is 1. The Morgan fingerprint density at radius 2 is 1.71 bits per heavy atom. The van der Waals surface area contributed by atoms with Crippen LogP contribution in [0.25, 0.3) is 0 Å². The summed E-state index contributed by atoms with van der Waals surface area (Å²) in [6.07, 6.45) is 3.14. The molecule has 1 amide bonds. The Balaban J connectivity index is 1.29. The van der Waals surface area contributed by atoms with Crippen molar-refractivity contribution in [1.82, 2.24) is 0 Å². The summed E-state index contributed by atoms with van der Waals surface area (Å²) in [7, 11) is -3.12. The highest BCUT2D eigenvalue weighted by atomic mass is 32.2. The van der Waals surface area contributed by atoms with Crippen LogP contribution in [0.5, 0.6) is 0 Å². The number of hydrogen-bond acceptors (Lipinski definition) is 6. The molecule has 35 heavy (non-hydrogen) atoms. The number of aliphatic imine (C=N–C) groups is 1. The first-order valence-corrected chi connectivity index (χ1v) is 14.7. The van der Waals surface area contributed by atoms with Crippen LogP contribution in [0.4, 0.5) is 11.4 Å². The lowest BCUT2D eigenvalue weighted by atomic mass is 9.90. The first-order valence-electron chi connectivity index (χ1n) is 12.0. The van der Waals surface area contributed by atoms with E-state index in [0.29, 0.717) is 11.1 Å². The molecule has 7 nitrogen and oxygen atoms in total. The van der Waals surface area contributed by atoms with Crippen molar-refractivity contribution in [3.8, 4) is 6.07 Å². The monoisotopic (exact) mass is 508 g/mol. The molecule has 5 rings (SSSR count). The average Bonchev–Trinajstić information content (AvgIpc) is 3.31. The van der Waals surface area contributed by atoms with Gasteiger partial charge in [0.1, 0.15) is 6.42 Å². The second kappa shape index (κ2) is 10.0. The number of amidine groups is 1. The maximum absolute atomic E-state index is 12.3. The highest BCUT2D eigenvalue weighted by Gasteiger charge is 2.49. The zero-order valence-corrected chi connectivity index (χ0v) is 21.0. The predicted octanol–water partition coefficient (Wildman–Crippen LogP) is 3.66. The average molecular weight is 509 g/mol. The van der Waals surface area contributed by atoms with Crippen molar-refractivity contribution < 1.29 is 13.2 Å². The van der Waals surface area contributed by atoms with E-state index in [2.05, 4.69) is 52.4 Å². The molecule has 2 atom stereocenters. The van der Waals surface area contributed by atoms with E-state index in [1.54, 1.807) is 0 Å². The molecule has 0 unspecified atom stereocenters. The Bertz CT molecular complexity index is 1250. The third-order valence-electron chi connectivity index (χ3n) is 6.99. The summed E-state index contributed by atoms with van der Waals surface area (Å²) in [6.45, 7) is 2.02. The van der Waals surface area contributed by atoms with E-state index in [1.807, 2.05) is 23.1 Å². The maximum Gasteiger partial charge on any atom is 0.262 e. The molecule has 0 saturated carbocycles. The van der Waals surface area contributed by atoms with Crippen molar-refractivity contribution in [3.05, 3.63) is 60.2 Å². The number of anilines is 2. The summed E-state index contributed by atoms with van der Waals surface area (Å²) in [5.74, 6) is 0.325. The smallest absolute Gasteiger partial charge is 0.262 e. The van der Waals surface area contributed by atoms with Gasteiger partial charge in [-0.05, 0) is 55.0 Å². The molecule has 0 spiro atoms. The number of sulfone groups is 1. The van der Waals surface area contributed by atoms with E-state index < -0.39 is 15.7 Å². The fourth-order valence-electron chi connectivity index (χ4n) is 5.25. The van der Waals surface area contributed by atoms with Gasteiger partial charge in [-0.25, -0.2) is 8.42 Å². The van der Waals surface area contributed by atoms with Gasteiger partial charge in [-0.3, -0.25) is 4.79 Å². The molecule has 0 bridgehead atoms. The minimum Gasteiger partial charge on any atom is -0.372 e. The van der Waals surface area contributed by atoms with E-state index in [1.165, 1.54) is 17.3 Å². The Hall–Kier alpha value is -2.83. The van der Waals surface area contributed by atoms with Crippen LogP contribution in [0.1, 0.15) is 24.8 Å². The number of rotatable bonds is 5. The lowest BCUT2D eigenvalue weighted by Gasteiger charge is -2.34. The van der Waals surface area contributed by atoms with Crippen LogP contribution < -0.4 is 9.80 Å². The van der Waals surface area contributed by atoms with Gasteiger partial charge in [0.25, 0.3) is 5.91 Å². The van der Waals surface area contributed by atoms with Crippen molar-refractivity contribution >= 4 is 44.0 Å². The van der Waals surface area contributed by atoms with Crippen LogP contribution in [0.3, 0.4) is 0 Å². The van der Waals surface area contributed by atoms with Crippen molar-refractivity contribution in [2.24, 2.45) is 10.9 Å². The Labute approximate surface area is 210 Å². The van der Waals surface area contributed by atoms with E-state index in [4.69, 9.17) is 5.26 Å². The van der Waals surface area contributed by atoms with Crippen molar-refractivity contribution in [1.29, 1.82) is 5.26 Å². The summed E-state index contributed by atoms with van der Waals surface area (Å²) in [4.78, 5) is 20.5. The number of thioether (sulfide) groups is 1. The Morgan fingerprint density at radius 3 is 2.40 bits per heavy atom. The van der Waals surface area contributed by atoms with Gasteiger partial charge in [-0.2, -0.15) is 10.3 Å². The lowest BCUT2D eigenvalue weighted by Crippen LogP contribution is -2.38. The van der Waals surface area contributed by atoms with E-state index in [9.17, 15) is 13.2 Å². The molecule has 2 aromatic rings. The molecule has 3 aliphatic heterocycles. The van der Waals surface area contributed by atoms with E-state index in [-0.39, 0.29) is 29.2 Å². The number of benzene rings is 2. The molecule has 2 aromatic carbocycles. The zero-order chi connectivity index (χ0) is 24.4. The number of hydrogen-bond donors (Lipinski definition) is 0. The van der Waals surface area contributed by atoms with Crippen LogP contribution in [0.15, 0.2) is 59.6 Å². The second-order valence-electron chi connectivity index (χ2n) is 9.43. The molecular formula is C26H28N4O3S2. The molecule has 9 heteroatoms. The summed E-state index contributed by atoms with van der Waals surface area (Å²) < 4.78 is 24.5. The summed E-state index contributed by atoms with van der Waals surface area (Å²) in [6, 6.07) is 20.4. The zero-order valence-electron chi connectivity index (χ0n) is 19.4. The number of fused-ring (bicyclic) bond motifs is 1. The SMILES string of the molecule is N#CCC(=O)N=C1S[C@H]2CS(=O)(=O)C[C@H]2N1c1ccc(N2CCC(Cc3ccccc3)CC2)cc1. The summed E-state index contributed by atoms with van der Waals surface area (Å²) in [5, 5.41) is 9.16. The minimum atomic E-state index is -3.12. The number of nitrogens with zero attached hydrogens (tertiary/aromatic N) is 4. The Morgan fingerprint density at radius 1 is 1.03 bits per heavy atom. The largest absolute Gasteiger partial charge is 0.372 e. The number of carbonyl (C=O) groups is 1. The third-order valence-corrected chi connectivity index (χ3v) is 10.2. The van der Waals surface area contributed by atoms with Crippen LogP contribution in [0.2, 0.25) is 0 Å². The van der Waals surface area contributed by atoms with Crippen LogP contribution in [0, 0.1) is 17.2 Å². The minimum absolute atomic E-state index is 0.0484. The van der Waals surface area contributed by atoms with Gasteiger partial charge >= 0.3 is 0 Å². The molecule has 3 saturated heterocycles. The van der Waals surface area contributed by atoms with Crippen molar-refractivity contribution in [2.45, 2.75) is 37.0 Å². The number of carbonyl (C=O) groups excluding carboxylic acids is 1. The molecular weight excluding hydrogens is 480 g/mol. The second-order valence-corrected chi connectivity index (χ2v) is 12.8. The predicted molar refractivity (Wildman–Crippen MR) is 140 cm³/mol. The van der Waals surface area contributed by atoms with Crippen LogP contribution >= 0.6 is 11.8 Å². The van der Waals surface area contributed by atoms with Crippen molar-refractivity contribution in [2.75, 3.05) is 34.4 Å². The van der Waals surface area contributed by atoms with Gasteiger partial charge in [0.15, 0.2) is 15.0 Å². The standard InChI is InChI=1S/C26H28N4O3S2/c27-13-10-25(31)28-26-30(23-17-35(32,33)18-24(23)34-26)22-8-6-21(7-9-22)29-14-11-20(12-15-29)16-19-4-2-1-3-5-19/h1-9,20,23-24H,10-12,14-18H2/t23-,24+/m1/s1. The van der Waals surface area contributed by atoms with Crippen LogP contribution in [-0.4, -0.2) is 55.4 Å². The molecule has 3 aliphatic rings. The van der Waals surface area contributed by atoms with E-state index in [0.717, 1.165) is 43.7 Å². The molecule has 0 radical (unpaired) electrons. The van der Waals surface area contributed by atoms with Gasteiger partial charge in [0, 0.05) is 29.7 Å². The summed E-state index contributed by atoms with van der Waals surface area (Å²) in [5.41, 5.74) is 3.37. The van der Waals surface area contributed by atoms with Gasteiger partial charge in [-0.1, -0.05) is 42.1 Å². The van der Waals surface area contributed by atoms with Gasteiger partial charge in [0.05, 0.1) is 23.6 Å². The molecule has 3 heterocycles. The fourth-order valence-corrected chi connectivity index (χ4v) is 9.18. The number of nitriles is 1. The molecule has 3 fully saturated rings. The van der Waals surface area contributed by atoms with Gasteiger partial charge in [0.2, 0.25) is 0 Å². The normalized spacial score (nSPS) is 24.9. The Kier molecular flexibility index (Phi) is 6.85. The maximum atomic E-state index is 12.3. The third kappa shape index (κ3) is 5.39. The lowest BCUT2D eigenvalue weighted by molar-refractivity contribution is -0.116. The quantitative estimate of drug-likeness (QED) is 0.608. The topological polar surface area (TPSA) is 93.8 Å². The van der Waals surface area contributed by atoms with Crippen LogP contribution in [-0.2, 0) is 21.1 Å².